The molecule has 5 nitrogen and oxygen atoms in total. The molecule has 0 aliphatic carbocycles. The lowest BCUT2D eigenvalue weighted by Gasteiger charge is -2.20. The average Bonchev–Trinajstić information content (AvgIpc) is 2.56. The summed E-state index contributed by atoms with van der Waals surface area (Å²) in [5, 5.41) is 4.15. The molecule has 1 aromatic heterocycles. The third-order valence-corrected chi connectivity index (χ3v) is 3.03. The van der Waals surface area contributed by atoms with Gasteiger partial charge in [0.05, 0.1) is 16.2 Å². The van der Waals surface area contributed by atoms with Gasteiger partial charge in [-0.3, -0.25) is 9.48 Å². The van der Waals surface area contributed by atoms with Gasteiger partial charge in [0, 0.05) is 32.8 Å². The Balaban J connectivity index is 2.77. The molecule has 1 rings (SSSR count). The molecular formula is C11H18N4OS. The Morgan fingerprint density at radius 1 is 1.71 bits per heavy atom. The highest BCUT2D eigenvalue weighted by Gasteiger charge is 2.19. The molecule has 0 aliphatic rings. The van der Waals surface area contributed by atoms with Crippen LogP contribution in [-0.4, -0.2) is 39.2 Å². The van der Waals surface area contributed by atoms with Gasteiger partial charge in [0.15, 0.2) is 0 Å². The van der Waals surface area contributed by atoms with Crippen molar-refractivity contribution in [2.75, 3.05) is 13.6 Å². The van der Waals surface area contributed by atoms with Crippen LogP contribution in [0.3, 0.4) is 0 Å². The summed E-state index contributed by atoms with van der Waals surface area (Å²) < 4.78 is 1.63. The van der Waals surface area contributed by atoms with Crippen LogP contribution in [0.1, 0.15) is 23.0 Å². The molecule has 2 N–H and O–H groups in total. The summed E-state index contributed by atoms with van der Waals surface area (Å²) in [5.41, 5.74) is 6.88. The molecule has 0 aromatic carbocycles. The van der Waals surface area contributed by atoms with Crippen molar-refractivity contribution in [2.24, 2.45) is 18.7 Å². The zero-order chi connectivity index (χ0) is 13.2. The summed E-state index contributed by atoms with van der Waals surface area (Å²) in [6.07, 6.45) is 1.72. The molecule has 0 saturated carbocycles. The minimum atomic E-state index is -0.0568. The number of hydrogen-bond donors (Lipinski definition) is 1. The van der Waals surface area contributed by atoms with Crippen molar-refractivity contribution in [1.29, 1.82) is 0 Å². The van der Waals surface area contributed by atoms with Gasteiger partial charge in [-0.2, -0.15) is 5.10 Å². The van der Waals surface area contributed by atoms with Crippen molar-refractivity contribution in [2.45, 2.75) is 13.8 Å². The topological polar surface area (TPSA) is 64.2 Å². The molecule has 1 unspecified atom stereocenters. The Morgan fingerprint density at radius 3 is 2.71 bits per heavy atom. The third-order valence-electron chi connectivity index (χ3n) is 2.62. The van der Waals surface area contributed by atoms with E-state index in [2.05, 4.69) is 5.10 Å². The van der Waals surface area contributed by atoms with E-state index in [1.54, 1.807) is 29.9 Å². The van der Waals surface area contributed by atoms with Crippen molar-refractivity contribution < 1.29 is 4.79 Å². The SMILES string of the molecule is Cc1nn(C)cc1C(=O)N(C)CC(C)C(N)=S. The largest absolute Gasteiger partial charge is 0.393 e. The average molecular weight is 254 g/mol. The Kier molecular flexibility index (Phi) is 4.22. The molecule has 6 heteroatoms. The lowest BCUT2D eigenvalue weighted by molar-refractivity contribution is 0.0786. The van der Waals surface area contributed by atoms with E-state index in [0.29, 0.717) is 17.1 Å². The van der Waals surface area contributed by atoms with E-state index in [1.807, 2.05) is 13.8 Å². The van der Waals surface area contributed by atoms with Crippen LogP contribution in [0.4, 0.5) is 0 Å². The number of nitrogens with two attached hydrogens (primary N) is 1. The van der Waals surface area contributed by atoms with Crippen LogP contribution in [0, 0.1) is 12.8 Å². The standard InChI is InChI=1S/C11H18N4OS/c1-7(10(12)17)5-14(3)11(16)9-6-15(4)13-8(9)2/h6-7H,5H2,1-4H3,(H2,12,17). The van der Waals surface area contributed by atoms with Gasteiger partial charge < -0.3 is 10.6 Å². The van der Waals surface area contributed by atoms with Gasteiger partial charge in [-0.05, 0) is 6.92 Å². The highest BCUT2D eigenvalue weighted by Crippen LogP contribution is 2.09. The van der Waals surface area contributed by atoms with Crippen LogP contribution in [0.15, 0.2) is 6.20 Å². The van der Waals surface area contributed by atoms with Crippen LogP contribution in [0.5, 0.6) is 0 Å². The summed E-state index contributed by atoms with van der Waals surface area (Å²) in [7, 11) is 3.53. The van der Waals surface area contributed by atoms with E-state index < -0.39 is 0 Å². The highest BCUT2D eigenvalue weighted by molar-refractivity contribution is 7.80. The molecule has 0 aliphatic heterocycles. The van der Waals surface area contributed by atoms with E-state index in [1.165, 1.54) is 0 Å². The molecule has 0 spiro atoms. The number of nitrogens with zero attached hydrogens (tertiary/aromatic N) is 3. The molecule has 94 valence electrons. The summed E-state index contributed by atoms with van der Waals surface area (Å²) in [6.45, 7) is 4.24. The minimum Gasteiger partial charge on any atom is -0.393 e. The van der Waals surface area contributed by atoms with E-state index in [-0.39, 0.29) is 11.8 Å². The van der Waals surface area contributed by atoms with E-state index >= 15 is 0 Å². The lowest BCUT2D eigenvalue weighted by Crippen LogP contribution is -2.35. The maximum absolute atomic E-state index is 12.1. The Bertz CT molecular complexity index is 441. The van der Waals surface area contributed by atoms with Crippen molar-refractivity contribution in [1.82, 2.24) is 14.7 Å². The second-order valence-corrected chi connectivity index (χ2v) is 4.76. The second kappa shape index (κ2) is 5.27. The van der Waals surface area contributed by atoms with Gasteiger partial charge in [0.25, 0.3) is 5.91 Å². The van der Waals surface area contributed by atoms with Crippen LogP contribution in [0.25, 0.3) is 0 Å². The van der Waals surface area contributed by atoms with Gasteiger partial charge in [-0.1, -0.05) is 19.1 Å². The molecule has 1 heterocycles. The van der Waals surface area contributed by atoms with Gasteiger partial charge >= 0.3 is 0 Å². The van der Waals surface area contributed by atoms with Gasteiger partial charge in [0.2, 0.25) is 0 Å². The fraction of sp³-hybridized carbons (Fsp3) is 0.545. The second-order valence-electron chi connectivity index (χ2n) is 4.29. The highest BCUT2D eigenvalue weighted by atomic mass is 32.1. The molecule has 1 aromatic rings. The first kappa shape index (κ1) is 13.6. The summed E-state index contributed by atoms with van der Waals surface area (Å²) >= 11 is 4.89. The van der Waals surface area contributed by atoms with Crippen molar-refractivity contribution >= 4 is 23.1 Å². The Hall–Kier alpha value is -1.43. The predicted octanol–water partition coefficient (Wildman–Crippen LogP) is 0.723. The number of carbonyl (C=O) groups is 1. The van der Waals surface area contributed by atoms with Crippen LogP contribution in [-0.2, 0) is 7.05 Å². The first-order valence-corrected chi connectivity index (χ1v) is 5.78. The van der Waals surface area contributed by atoms with Crippen LogP contribution < -0.4 is 5.73 Å². The smallest absolute Gasteiger partial charge is 0.257 e. The minimum absolute atomic E-state index is 0.0101. The fourth-order valence-corrected chi connectivity index (χ4v) is 1.67. The van der Waals surface area contributed by atoms with Gasteiger partial charge in [-0.15, -0.1) is 0 Å². The summed E-state index contributed by atoms with van der Waals surface area (Å²) in [6, 6.07) is 0. The summed E-state index contributed by atoms with van der Waals surface area (Å²) in [5.74, 6) is -0.0466. The Morgan fingerprint density at radius 2 is 2.29 bits per heavy atom. The number of hydrogen-bond acceptors (Lipinski definition) is 3. The quantitative estimate of drug-likeness (QED) is 0.804. The zero-order valence-electron chi connectivity index (χ0n) is 10.6. The summed E-state index contributed by atoms with van der Waals surface area (Å²) in [4.78, 5) is 14.2. The predicted molar refractivity (Wildman–Crippen MR) is 70.9 cm³/mol. The van der Waals surface area contributed by atoms with E-state index in [4.69, 9.17) is 18.0 Å². The first-order chi connectivity index (χ1) is 7.82. The van der Waals surface area contributed by atoms with Crippen LogP contribution in [0.2, 0.25) is 0 Å². The monoisotopic (exact) mass is 254 g/mol. The molecule has 0 fully saturated rings. The normalized spacial score (nSPS) is 12.2. The van der Waals surface area contributed by atoms with Crippen molar-refractivity contribution in [3.8, 4) is 0 Å². The van der Waals surface area contributed by atoms with E-state index in [0.717, 1.165) is 5.69 Å². The molecule has 0 bridgehead atoms. The molecule has 17 heavy (non-hydrogen) atoms. The number of carbonyl (C=O) groups excluding carboxylic acids is 1. The van der Waals surface area contributed by atoms with Gasteiger partial charge in [-0.25, -0.2) is 0 Å². The number of aromatic nitrogens is 2. The third kappa shape index (κ3) is 3.26. The number of amides is 1. The fourth-order valence-electron chi connectivity index (χ4n) is 1.60. The first-order valence-electron chi connectivity index (χ1n) is 5.38. The van der Waals surface area contributed by atoms with Gasteiger partial charge in [0.1, 0.15) is 0 Å². The van der Waals surface area contributed by atoms with E-state index in [9.17, 15) is 4.79 Å². The lowest BCUT2D eigenvalue weighted by atomic mass is 10.1. The molecule has 1 amide bonds. The number of aryl methyl sites for hydroxylation is 2. The number of thiocarbonyl (C=S) groups is 1. The maximum Gasteiger partial charge on any atom is 0.257 e. The molecule has 0 saturated heterocycles. The molecular weight excluding hydrogens is 236 g/mol. The van der Waals surface area contributed by atoms with Crippen LogP contribution >= 0.6 is 12.2 Å². The Labute approximate surface area is 107 Å². The van der Waals surface area contributed by atoms with Crippen molar-refractivity contribution in [3.63, 3.8) is 0 Å². The maximum atomic E-state index is 12.1. The molecule has 1 atom stereocenters. The zero-order valence-corrected chi connectivity index (χ0v) is 11.4. The number of rotatable bonds is 4. The molecule has 0 radical (unpaired) electrons. The van der Waals surface area contributed by atoms with Crippen molar-refractivity contribution in [3.05, 3.63) is 17.5 Å².